The molecule has 0 spiro atoms. The summed E-state index contributed by atoms with van der Waals surface area (Å²) in [5, 5.41) is 2.96. The molecular weight excluding hydrogens is 281 g/mol. The predicted molar refractivity (Wildman–Crippen MR) is 75.6 cm³/mol. The van der Waals surface area contributed by atoms with Crippen LogP contribution in [0.5, 0.6) is 5.75 Å². The van der Waals surface area contributed by atoms with Crippen LogP contribution >= 0.6 is 11.6 Å². The van der Waals surface area contributed by atoms with Gasteiger partial charge in [0, 0.05) is 11.6 Å². The van der Waals surface area contributed by atoms with Crippen LogP contribution in [-0.2, 0) is 6.54 Å². The molecule has 0 saturated heterocycles. The zero-order chi connectivity index (χ0) is 14.5. The predicted octanol–water partition coefficient (Wildman–Crippen LogP) is 3.42. The molecule has 0 heterocycles. The molecule has 1 amide bonds. The van der Waals surface area contributed by atoms with Crippen molar-refractivity contribution in [2.45, 2.75) is 6.54 Å². The van der Waals surface area contributed by atoms with E-state index in [9.17, 15) is 9.18 Å². The van der Waals surface area contributed by atoms with Gasteiger partial charge in [-0.05, 0) is 35.9 Å². The van der Waals surface area contributed by atoms with E-state index in [-0.39, 0.29) is 5.56 Å². The summed E-state index contributed by atoms with van der Waals surface area (Å²) in [4.78, 5) is 11.9. The molecular formula is C15H13ClFNO2. The van der Waals surface area contributed by atoms with Crippen molar-refractivity contribution in [3.05, 3.63) is 64.4 Å². The molecule has 0 unspecified atom stereocenters. The lowest BCUT2D eigenvalue weighted by Gasteiger charge is -2.07. The van der Waals surface area contributed by atoms with Crippen molar-refractivity contribution in [3.63, 3.8) is 0 Å². The molecule has 2 rings (SSSR count). The normalized spacial score (nSPS) is 10.2. The van der Waals surface area contributed by atoms with Crippen molar-refractivity contribution in [1.82, 2.24) is 5.32 Å². The molecule has 5 heteroatoms. The number of carbonyl (C=O) groups excluding carboxylic acids is 1. The molecule has 0 aliphatic heterocycles. The van der Waals surface area contributed by atoms with Crippen molar-refractivity contribution in [2.24, 2.45) is 0 Å². The number of hydrogen-bond donors (Lipinski definition) is 1. The van der Waals surface area contributed by atoms with Gasteiger partial charge in [0.05, 0.1) is 12.7 Å². The zero-order valence-corrected chi connectivity index (χ0v) is 11.6. The summed E-state index contributed by atoms with van der Waals surface area (Å²) >= 11 is 5.75. The molecule has 0 radical (unpaired) electrons. The van der Waals surface area contributed by atoms with E-state index in [1.54, 1.807) is 19.2 Å². The topological polar surface area (TPSA) is 38.3 Å². The number of hydrogen-bond acceptors (Lipinski definition) is 2. The second-order valence-electron chi connectivity index (χ2n) is 4.15. The quantitative estimate of drug-likeness (QED) is 0.938. The van der Waals surface area contributed by atoms with Gasteiger partial charge in [0.1, 0.15) is 11.6 Å². The van der Waals surface area contributed by atoms with Gasteiger partial charge in [-0.2, -0.15) is 0 Å². The average molecular weight is 294 g/mol. The third-order valence-electron chi connectivity index (χ3n) is 2.79. The second-order valence-corrected chi connectivity index (χ2v) is 4.59. The van der Waals surface area contributed by atoms with Gasteiger partial charge in [0.25, 0.3) is 5.91 Å². The van der Waals surface area contributed by atoms with E-state index in [0.29, 0.717) is 11.6 Å². The molecule has 104 valence electrons. The minimum absolute atomic E-state index is 0.0639. The Morgan fingerprint density at radius 3 is 2.60 bits per heavy atom. The lowest BCUT2D eigenvalue weighted by atomic mass is 10.2. The van der Waals surface area contributed by atoms with Crippen LogP contribution in [0.1, 0.15) is 15.9 Å². The van der Waals surface area contributed by atoms with Crippen molar-refractivity contribution in [3.8, 4) is 5.75 Å². The van der Waals surface area contributed by atoms with E-state index < -0.39 is 11.7 Å². The minimum Gasteiger partial charge on any atom is -0.497 e. The second kappa shape index (κ2) is 6.39. The van der Waals surface area contributed by atoms with Crippen LogP contribution in [0, 0.1) is 5.82 Å². The first-order chi connectivity index (χ1) is 9.60. The number of benzene rings is 2. The van der Waals surface area contributed by atoms with Gasteiger partial charge in [-0.15, -0.1) is 0 Å². The Morgan fingerprint density at radius 1 is 1.25 bits per heavy atom. The molecule has 0 bridgehead atoms. The highest BCUT2D eigenvalue weighted by Crippen LogP contribution is 2.15. The van der Waals surface area contributed by atoms with Crippen LogP contribution in [0.2, 0.25) is 5.02 Å². The first kappa shape index (κ1) is 14.3. The molecule has 2 aromatic carbocycles. The highest BCUT2D eigenvalue weighted by Gasteiger charge is 2.11. The molecule has 3 nitrogen and oxygen atoms in total. The summed E-state index contributed by atoms with van der Waals surface area (Å²) in [5.74, 6) is -0.358. The first-order valence-electron chi connectivity index (χ1n) is 5.96. The Balaban J connectivity index is 2.02. The van der Waals surface area contributed by atoms with Gasteiger partial charge in [0.15, 0.2) is 0 Å². The summed E-state index contributed by atoms with van der Waals surface area (Å²) in [6.45, 7) is 0.300. The van der Waals surface area contributed by atoms with Crippen molar-refractivity contribution in [2.75, 3.05) is 7.11 Å². The van der Waals surface area contributed by atoms with Gasteiger partial charge in [-0.3, -0.25) is 4.79 Å². The number of amides is 1. The van der Waals surface area contributed by atoms with Crippen molar-refractivity contribution >= 4 is 17.5 Å². The molecule has 20 heavy (non-hydrogen) atoms. The van der Waals surface area contributed by atoms with Crippen LogP contribution in [0.25, 0.3) is 0 Å². The van der Waals surface area contributed by atoms with E-state index in [4.69, 9.17) is 16.3 Å². The van der Waals surface area contributed by atoms with Gasteiger partial charge in [-0.1, -0.05) is 23.7 Å². The van der Waals surface area contributed by atoms with Crippen LogP contribution < -0.4 is 10.1 Å². The number of halogens is 2. The summed E-state index contributed by atoms with van der Waals surface area (Å²) in [6.07, 6.45) is 0. The molecule has 1 N–H and O–H groups in total. The van der Waals surface area contributed by atoms with Gasteiger partial charge in [-0.25, -0.2) is 4.39 Å². The van der Waals surface area contributed by atoms with Crippen molar-refractivity contribution in [1.29, 1.82) is 0 Å². The van der Waals surface area contributed by atoms with Crippen LogP contribution in [0.3, 0.4) is 0 Å². The molecule has 0 aliphatic rings. The fraction of sp³-hybridized carbons (Fsp3) is 0.133. The number of ether oxygens (including phenoxy) is 1. The lowest BCUT2D eigenvalue weighted by molar-refractivity contribution is 0.0947. The number of nitrogens with one attached hydrogen (secondary N) is 1. The summed E-state index contributed by atoms with van der Waals surface area (Å²) in [7, 11) is 1.58. The molecule has 2 aromatic rings. The maximum Gasteiger partial charge on any atom is 0.254 e. The summed E-state index contributed by atoms with van der Waals surface area (Å²) < 4.78 is 18.5. The zero-order valence-electron chi connectivity index (χ0n) is 10.8. The monoisotopic (exact) mass is 293 g/mol. The van der Waals surface area contributed by atoms with Gasteiger partial charge in [0.2, 0.25) is 0 Å². The summed E-state index contributed by atoms with van der Waals surface area (Å²) in [5.41, 5.74) is 0.826. The number of carbonyl (C=O) groups is 1. The Morgan fingerprint density at radius 2 is 1.95 bits per heavy atom. The minimum atomic E-state index is -0.596. The molecule has 0 fully saturated rings. The van der Waals surface area contributed by atoms with E-state index in [1.807, 2.05) is 12.1 Å². The standard InChI is InChI=1S/C15H13ClFNO2/c1-20-12-5-2-10(3-6-12)9-18-15(19)13-8-11(16)4-7-14(13)17/h2-8H,9H2,1H3,(H,18,19). The van der Waals surface area contributed by atoms with Crippen LogP contribution in [0.4, 0.5) is 4.39 Å². The first-order valence-corrected chi connectivity index (χ1v) is 6.34. The van der Waals surface area contributed by atoms with E-state index >= 15 is 0 Å². The van der Waals surface area contributed by atoms with E-state index in [1.165, 1.54) is 18.2 Å². The smallest absolute Gasteiger partial charge is 0.254 e. The average Bonchev–Trinajstić information content (AvgIpc) is 2.47. The SMILES string of the molecule is COc1ccc(CNC(=O)c2cc(Cl)ccc2F)cc1. The Labute approximate surface area is 121 Å². The fourth-order valence-corrected chi connectivity index (χ4v) is 1.86. The van der Waals surface area contributed by atoms with E-state index in [0.717, 1.165) is 11.3 Å². The highest BCUT2D eigenvalue weighted by atomic mass is 35.5. The number of rotatable bonds is 4. The maximum absolute atomic E-state index is 13.5. The molecule has 0 aliphatic carbocycles. The maximum atomic E-state index is 13.5. The Bertz CT molecular complexity index is 614. The lowest BCUT2D eigenvalue weighted by Crippen LogP contribution is -2.23. The third-order valence-corrected chi connectivity index (χ3v) is 3.02. The Hall–Kier alpha value is -2.07. The van der Waals surface area contributed by atoms with Gasteiger partial charge < -0.3 is 10.1 Å². The summed E-state index contributed by atoms with van der Waals surface area (Å²) in [6, 6.07) is 11.1. The molecule has 0 saturated carbocycles. The third kappa shape index (κ3) is 3.48. The number of methoxy groups -OCH3 is 1. The largest absolute Gasteiger partial charge is 0.497 e. The van der Waals surface area contributed by atoms with Crippen LogP contribution in [-0.4, -0.2) is 13.0 Å². The fourth-order valence-electron chi connectivity index (χ4n) is 1.69. The van der Waals surface area contributed by atoms with E-state index in [2.05, 4.69) is 5.32 Å². The molecule has 0 aromatic heterocycles. The Kier molecular flexibility index (Phi) is 4.58. The van der Waals surface area contributed by atoms with Crippen molar-refractivity contribution < 1.29 is 13.9 Å². The molecule has 0 atom stereocenters. The highest BCUT2D eigenvalue weighted by molar-refractivity contribution is 6.30. The van der Waals surface area contributed by atoms with Gasteiger partial charge >= 0.3 is 0 Å². The van der Waals surface area contributed by atoms with Crippen LogP contribution in [0.15, 0.2) is 42.5 Å².